The SMILES string of the molecule is CC1CC1(O)c1cc(Cl)cc(Cl)c1. The fourth-order valence-corrected chi connectivity index (χ4v) is 2.14. The monoisotopic (exact) mass is 216 g/mol. The maximum absolute atomic E-state index is 10.0. The molecule has 1 fully saturated rings. The van der Waals surface area contributed by atoms with Crippen LogP contribution >= 0.6 is 23.2 Å². The maximum Gasteiger partial charge on any atom is 0.0927 e. The summed E-state index contributed by atoms with van der Waals surface area (Å²) in [5, 5.41) is 11.2. The molecule has 1 N–H and O–H groups in total. The van der Waals surface area contributed by atoms with Crippen molar-refractivity contribution in [2.75, 3.05) is 0 Å². The lowest BCUT2D eigenvalue weighted by atomic mass is 10.1. The van der Waals surface area contributed by atoms with Gasteiger partial charge in [0.05, 0.1) is 5.60 Å². The van der Waals surface area contributed by atoms with Crippen LogP contribution in [0.5, 0.6) is 0 Å². The molecule has 0 aromatic heterocycles. The van der Waals surface area contributed by atoms with Crippen molar-refractivity contribution in [2.45, 2.75) is 18.9 Å². The van der Waals surface area contributed by atoms with Crippen LogP contribution in [-0.4, -0.2) is 5.11 Å². The lowest BCUT2D eigenvalue weighted by Gasteiger charge is -2.10. The molecule has 0 bridgehead atoms. The minimum atomic E-state index is -0.686. The molecule has 3 heteroatoms. The molecule has 1 aromatic carbocycles. The van der Waals surface area contributed by atoms with E-state index in [1.54, 1.807) is 18.2 Å². The van der Waals surface area contributed by atoms with Crippen LogP contribution in [0, 0.1) is 5.92 Å². The van der Waals surface area contributed by atoms with Gasteiger partial charge in [0.2, 0.25) is 0 Å². The summed E-state index contributed by atoms with van der Waals surface area (Å²) in [6.07, 6.45) is 0.795. The van der Waals surface area contributed by atoms with Crippen LogP contribution < -0.4 is 0 Å². The summed E-state index contributed by atoms with van der Waals surface area (Å²) in [6.45, 7) is 2.01. The number of halogens is 2. The number of aliphatic hydroxyl groups is 1. The summed E-state index contributed by atoms with van der Waals surface area (Å²) >= 11 is 11.7. The van der Waals surface area contributed by atoms with Gasteiger partial charge in [0.25, 0.3) is 0 Å². The van der Waals surface area contributed by atoms with Gasteiger partial charge >= 0.3 is 0 Å². The molecule has 1 nitrogen and oxygen atoms in total. The van der Waals surface area contributed by atoms with E-state index in [2.05, 4.69) is 0 Å². The molecule has 1 aromatic rings. The highest BCUT2D eigenvalue weighted by Crippen LogP contribution is 2.52. The van der Waals surface area contributed by atoms with E-state index >= 15 is 0 Å². The topological polar surface area (TPSA) is 20.2 Å². The van der Waals surface area contributed by atoms with Gasteiger partial charge in [-0.3, -0.25) is 0 Å². The molecule has 2 rings (SSSR count). The molecule has 2 unspecified atom stereocenters. The minimum absolute atomic E-state index is 0.307. The molecule has 0 amide bonds. The van der Waals surface area contributed by atoms with Crippen molar-refractivity contribution >= 4 is 23.2 Å². The number of rotatable bonds is 1. The first-order valence-electron chi connectivity index (χ1n) is 4.21. The van der Waals surface area contributed by atoms with E-state index in [1.165, 1.54) is 0 Å². The zero-order chi connectivity index (χ0) is 9.64. The molecule has 70 valence electrons. The standard InChI is InChI=1S/C10H10Cl2O/c1-6-5-10(6,13)7-2-8(11)4-9(12)3-7/h2-4,6,13H,5H2,1H3. The van der Waals surface area contributed by atoms with Crippen LogP contribution in [0.3, 0.4) is 0 Å². The zero-order valence-corrected chi connectivity index (χ0v) is 8.73. The number of hydrogen-bond donors (Lipinski definition) is 1. The van der Waals surface area contributed by atoms with Crippen molar-refractivity contribution in [1.29, 1.82) is 0 Å². The quantitative estimate of drug-likeness (QED) is 0.765. The van der Waals surface area contributed by atoms with E-state index in [9.17, 15) is 5.11 Å². The average molecular weight is 217 g/mol. The lowest BCUT2D eigenvalue weighted by Crippen LogP contribution is -2.07. The molecule has 0 saturated heterocycles. The van der Waals surface area contributed by atoms with Crippen molar-refractivity contribution in [3.8, 4) is 0 Å². The predicted molar refractivity (Wildman–Crippen MR) is 54.1 cm³/mol. The van der Waals surface area contributed by atoms with E-state index in [4.69, 9.17) is 23.2 Å². The molecule has 0 aliphatic heterocycles. The van der Waals surface area contributed by atoms with Crippen molar-refractivity contribution in [3.05, 3.63) is 33.8 Å². The van der Waals surface area contributed by atoms with Crippen molar-refractivity contribution in [1.82, 2.24) is 0 Å². The normalized spacial score (nSPS) is 31.8. The lowest BCUT2D eigenvalue weighted by molar-refractivity contribution is 0.135. The largest absolute Gasteiger partial charge is 0.385 e. The number of benzene rings is 1. The third-order valence-corrected chi connectivity index (χ3v) is 3.07. The van der Waals surface area contributed by atoms with Gasteiger partial charge in [-0.05, 0) is 36.1 Å². The van der Waals surface area contributed by atoms with Gasteiger partial charge in [0.1, 0.15) is 0 Å². The molecule has 1 aliphatic carbocycles. The Balaban J connectivity index is 2.42. The molecule has 0 spiro atoms. The molecule has 1 saturated carbocycles. The van der Waals surface area contributed by atoms with Crippen LogP contribution in [0.25, 0.3) is 0 Å². The van der Waals surface area contributed by atoms with Crippen LogP contribution in [0.2, 0.25) is 10.0 Å². The Kier molecular flexibility index (Phi) is 2.06. The highest BCUT2D eigenvalue weighted by Gasteiger charge is 2.51. The Bertz CT molecular complexity index is 331. The van der Waals surface area contributed by atoms with Crippen LogP contribution in [-0.2, 0) is 5.60 Å². The van der Waals surface area contributed by atoms with Gasteiger partial charge in [-0.15, -0.1) is 0 Å². The first-order valence-corrected chi connectivity index (χ1v) is 4.97. The third-order valence-electron chi connectivity index (χ3n) is 2.63. The fourth-order valence-electron chi connectivity index (χ4n) is 1.61. The zero-order valence-electron chi connectivity index (χ0n) is 7.22. The van der Waals surface area contributed by atoms with Crippen LogP contribution in [0.15, 0.2) is 18.2 Å². The van der Waals surface area contributed by atoms with E-state index in [0.29, 0.717) is 16.0 Å². The highest BCUT2D eigenvalue weighted by molar-refractivity contribution is 6.34. The average Bonchev–Trinajstić information content (AvgIpc) is 2.59. The molecule has 2 atom stereocenters. The van der Waals surface area contributed by atoms with E-state index in [1.807, 2.05) is 6.92 Å². The summed E-state index contributed by atoms with van der Waals surface area (Å²) in [4.78, 5) is 0. The van der Waals surface area contributed by atoms with Gasteiger partial charge < -0.3 is 5.11 Å². The Morgan fingerprint density at radius 3 is 2.15 bits per heavy atom. The second-order valence-electron chi connectivity index (χ2n) is 3.69. The second kappa shape index (κ2) is 2.88. The van der Waals surface area contributed by atoms with E-state index in [-0.39, 0.29) is 0 Å². The van der Waals surface area contributed by atoms with Gasteiger partial charge in [-0.25, -0.2) is 0 Å². The third kappa shape index (κ3) is 1.56. The Labute approximate surface area is 87.3 Å². The maximum atomic E-state index is 10.0. The molecular weight excluding hydrogens is 207 g/mol. The fraction of sp³-hybridized carbons (Fsp3) is 0.400. The van der Waals surface area contributed by atoms with Crippen molar-refractivity contribution < 1.29 is 5.11 Å². The predicted octanol–water partition coefficient (Wildman–Crippen LogP) is 3.22. The summed E-state index contributed by atoms with van der Waals surface area (Å²) in [5.41, 5.74) is 0.145. The Morgan fingerprint density at radius 1 is 1.31 bits per heavy atom. The molecule has 0 heterocycles. The molecular formula is C10H10Cl2O. The van der Waals surface area contributed by atoms with Crippen LogP contribution in [0.1, 0.15) is 18.9 Å². The minimum Gasteiger partial charge on any atom is -0.385 e. The van der Waals surface area contributed by atoms with Crippen molar-refractivity contribution in [3.63, 3.8) is 0 Å². The van der Waals surface area contributed by atoms with Gasteiger partial charge in [-0.1, -0.05) is 30.1 Å². The first kappa shape index (κ1) is 9.32. The van der Waals surface area contributed by atoms with Gasteiger partial charge in [-0.2, -0.15) is 0 Å². The Morgan fingerprint density at radius 2 is 1.77 bits per heavy atom. The smallest absolute Gasteiger partial charge is 0.0927 e. The molecule has 0 radical (unpaired) electrons. The van der Waals surface area contributed by atoms with E-state index in [0.717, 1.165) is 12.0 Å². The highest BCUT2D eigenvalue weighted by atomic mass is 35.5. The summed E-state index contributed by atoms with van der Waals surface area (Å²) in [6, 6.07) is 5.22. The first-order chi connectivity index (χ1) is 6.02. The second-order valence-corrected chi connectivity index (χ2v) is 4.56. The number of hydrogen-bond acceptors (Lipinski definition) is 1. The van der Waals surface area contributed by atoms with Crippen molar-refractivity contribution in [2.24, 2.45) is 5.92 Å². The molecule has 1 aliphatic rings. The van der Waals surface area contributed by atoms with Gasteiger partial charge in [0.15, 0.2) is 0 Å². The summed E-state index contributed by atoms with van der Waals surface area (Å²) in [7, 11) is 0. The van der Waals surface area contributed by atoms with Crippen LogP contribution in [0.4, 0.5) is 0 Å². The van der Waals surface area contributed by atoms with Gasteiger partial charge in [0, 0.05) is 10.0 Å². The van der Waals surface area contributed by atoms with E-state index < -0.39 is 5.60 Å². The summed E-state index contributed by atoms with van der Waals surface area (Å²) < 4.78 is 0. The summed E-state index contributed by atoms with van der Waals surface area (Å²) in [5.74, 6) is 0.307. The Hall–Kier alpha value is -0.240. The molecule has 13 heavy (non-hydrogen) atoms.